The van der Waals surface area contributed by atoms with Crippen molar-refractivity contribution in [1.29, 1.82) is 0 Å². The molecular weight excluding hydrogens is 306 g/mol. The minimum absolute atomic E-state index is 0.00622. The van der Waals surface area contributed by atoms with Crippen LogP contribution in [0.3, 0.4) is 0 Å². The Balaban J connectivity index is 2.34. The minimum Gasteiger partial charge on any atom is -0.347 e. The lowest BCUT2D eigenvalue weighted by Gasteiger charge is -2.37. The molecule has 1 atom stereocenters. The molecule has 130 valence electrons. The SMILES string of the molecule is CCCC(=O)N1Cc2cc(NC(C)=O)ccc2CC1C(=O)N(C)C. The fraction of sp³-hybridized carbons (Fsp3) is 0.500. The number of fused-ring (bicyclic) bond motifs is 1. The Hall–Kier alpha value is -2.37. The Morgan fingerprint density at radius 1 is 1.25 bits per heavy atom. The Kier molecular flexibility index (Phi) is 5.59. The number of anilines is 1. The molecule has 1 aromatic carbocycles. The third kappa shape index (κ3) is 3.93. The second-order valence-corrected chi connectivity index (χ2v) is 6.39. The highest BCUT2D eigenvalue weighted by atomic mass is 16.2. The van der Waals surface area contributed by atoms with Gasteiger partial charge in [0.2, 0.25) is 17.7 Å². The molecule has 3 amide bonds. The Labute approximate surface area is 142 Å². The second-order valence-electron chi connectivity index (χ2n) is 6.39. The van der Waals surface area contributed by atoms with Gasteiger partial charge in [0.15, 0.2) is 0 Å². The summed E-state index contributed by atoms with van der Waals surface area (Å²) in [4.78, 5) is 39.4. The summed E-state index contributed by atoms with van der Waals surface area (Å²) >= 11 is 0. The van der Waals surface area contributed by atoms with Gasteiger partial charge >= 0.3 is 0 Å². The topological polar surface area (TPSA) is 69.7 Å². The summed E-state index contributed by atoms with van der Waals surface area (Å²) in [5.41, 5.74) is 2.74. The largest absolute Gasteiger partial charge is 0.347 e. The van der Waals surface area contributed by atoms with Gasteiger partial charge in [-0.2, -0.15) is 0 Å². The highest BCUT2D eigenvalue weighted by molar-refractivity contribution is 5.90. The van der Waals surface area contributed by atoms with Crippen molar-refractivity contribution in [2.24, 2.45) is 0 Å². The van der Waals surface area contributed by atoms with Crippen molar-refractivity contribution in [1.82, 2.24) is 9.80 Å². The molecule has 2 rings (SSSR count). The number of hydrogen-bond donors (Lipinski definition) is 1. The lowest BCUT2D eigenvalue weighted by Crippen LogP contribution is -2.52. The van der Waals surface area contributed by atoms with Gasteiger partial charge in [0.25, 0.3) is 0 Å². The summed E-state index contributed by atoms with van der Waals surface area (Å²) in [6.07, 6.45) is 1.68. The van der Waals surface area contributed by atoms with Crippen LogP contribution in [-0.2, 0) is 27.3 Å². The average molecular weight is 331 g/mol. The number of nitrogens with zero attached hydrogens (tertiary/aromatic N) is 2. The Bertz CT molecular complexity index is 655. The van der Waals surface area contributed by atoms with E-state index in [1.807, 2.05) is 25.1 Å². The first kappa shape index (κ1) is 18.0. The van der Waals surface area contributed by atoms with Crippen LogP contribution in [0.4, 0.5) is 5.69 Å². The van der Waals surface area contributed by atoms with Crippen LogP contribution in [0.25, 0.3) is 0 Å². The van der Waals surface area contributed by atoms with Crippen molar-refractivity contribution in [2.75, 3.05) is 19.4 Å². The van der Waals surface area contributed by atoms with E-state index in [1.165, 1.54) is 11.8 Å². The van der Waals surface area contributed by atoms with Crippen molar-refractivity contribution in [2.45, 2.75) is 45.7 Å². The van der Waals surface area contributed by atoms with Crippen LogP contribution in [0.5, 0.6) is 0 Å². The number of carbonyl (C=O) groups excluding carboxylic acids is 3. The second kappa shape index (κ2) is 7.47. The van der Waals surface area contributed by atoms with Gasteiger partial charge in [-0.05, 0) is 29.7 Å². The maximum absolute atomic E-state index is 12.5. The quantitative estimate of drug-likeness (QED) is 0.914. The fourth-order valence-corrected chi connectivity index (χ4v) is 3.00. The molecule has 1 aliphatic heterocycles. The number of carbonyl (C=O) groups is 3. The molecule has 6 nitrogen and oxygen atoms in total. The summed E-state index contributed by atoms with van der Waals surface area (Å²) in [6.45, 7) is 3.81. The van der Waals surface area contributed by atoms with Crippen molar-refractivity contribution < 1.29 is 14.4 Å². The summed E-state index contributed by atoms with van der Waals surface area (Å²) in [5.74, 6) is -0.199. The van der Waals surface area contributed by atoms with Gasteiger partial charge in [-0.25, -0.2) is 0 Å². The smallest absolute Gasteiger partial charge is 0.245 e. The van der Waals surface area contributed by atoms with Gasteiger partial charge in [-0.15, -0.1) is 0 Å². The first-order valence-electron chi connectivity index (χ1n) is 8.23. The molecule has 0 aromatic heterocycles. The standard InChI is InChI=1S/C18H25N3O3/c1-5-6-17(23)21-11-14-9-15(19-12(2)22)8-7-13(14)10-16(21)18(24)20(3)4/h7-9,16H,5-6,10-11H2,1-4H3,(H,19,22). The van der Waals surface area contributed by atoms with Crippen LogP contribution in [0, 0.1) is 0 Å². The molecule has 0 saturated heterocycles. The van der Waals surface area contributed by atoms with Gasteiger partial charge in [0.1, 0.15) is 6.04 Å². The molecule has 0 bridgehead atoms. The number of rotatable bonds is 4. The third-order valence-corrected chi connectivity index (χ3v) is 4.17. The molecule has 1 heterocycles. The van der Waals surface area contributed by atoms with Crippen LogP contribution >= 0.6 is 0 Å². The molecule has 1 unspecified atom stereocenters. The van der Waals surface area contributed by atoms with E-state index >= 15 is 0 Å². The lowest BCUT2D eigenvalue weighted by atomic mass is 9.92. The molecular formula is C18H25N3O3. The first-order chi connectivity index (χ1) is 11.3. The van der Waals surface area contributed by atoms with E-state index in [4.69, 9.17) is 0 Å². The number of nitrogens with one attached hydrogen (secondary N) is 1. The molecule has 0 spiro atoms. The van der Waals surface area contributed by atoms with Crippen molar-refractivity contribution in [3.05, 3.63) is 29.3 Å². The highest BCUT2D eigenvalue weighted by Crippen LogP contribution is 2.27. The van der Waals surface area contributed by atoms with E-state index in [0.717, 1.165) is 17.5 Å². The maximum atomic E-state index is 12.5. The van der Waals surface area contributed by atoms with Crippen molar-refractivity contribution in [3.63, 3.8) is 0 Å². The summed E-state index contributed by atoms with van der Waals surface area (Å²) in [5, 5.41) is 2.76. The zero-order chi connectivity index (χ0) is 17.9. The van der Waals surface area contributed by atoms with Crippen LogP contribution < -0.4 is 5.32 Å². The maximum Gasteiger partial charge on any atom is 0.245 e. The number of hydrogen-bond acceptors (Lipinski definition) is 3. The van der Waals surface area contributed by atoms with E-state index in [1.54, 1.807) is 19.0 Å². The van der Waals surface area contributed by atoms with E-state index in [-0.39, 0.29) is 17.7 Å². The predicted octanol–water partition coefficient (Wildman–Crippen LogP) is 1.79. The summed E-state index contributed by atoms with van der Waals surface area (Å²) in [7, 11) is 3.42. The van der Waals surface area contributed by atoms with E-state index in [9.17, 15) is 14.4 Å². The molecule has 0 fully saturated rings. The van der Waals surface area contributed by atoms with Gasteiger partial charge < -0.3 is 15.1 Å². The summed E-state index contributed by atoms with van der Waals surface area (Å²) in [6, 6.07) is 5.19. The van der Waals surface area contributed by atoms with Crippen molar-refractivity contribution in [3.8, 4) is 0 Å². The molecule has 1 aliphatic rings. The molecule has 1 N–H and O–H groups in total. The predicted molar refractivity (Wildman–Crippen MR) is 92.4 cm³/mol. The Morgan fingerprint density at radius 3 is 2.54 bits per heavy atom. The number of benzene rings is 1. The highest BCUT2D eigenvalue weighted by Gasteiger charge is 2.35. The lowest BCUT2D eigenvalue weighted by molar-refractivity contribution is -0.145. The monoisotopic (exact) mass is 331 g/mol. The van der Waals surface area contributed by atoms with Crippen LogP contribution in [0.2, 0.25) is 0 Å². The first-order valence-corrected chi connectivity index (χ1v) is 8.23. The number of likely N-dealkylation sites (N-methyl/N-ethyl adjacent to an activating group) is 1. The molecule has 0 aliphatic carbocycles. The minimum atomic E-state index is -0.460. The molecule has 0 saturated carbocycles. The zero-order valence-corrected chi connectivity index (χ0v) is 14.8. The third-order valence-electron chi connectivity index (χ3n) is 4.17. The van der Waals surface area contributed by atoms with Crippen LogP contribution in [0.15, 0.2) is 18.2 Å². The molecule has 24 heavy (non-hydrogen) atoms. The molecule has 6 heteroatoms. The number of amides is 3. The van der Waals surface area contributed by atoms with Crippen LogP contribution in [0.1, 0.15) is 37.8 Å². The van der Waals surface area contributed by atoms with Gasteiger partial charge in [0.05, 0.1) is 0 Å². The van der Waals surface area contributed by atoms with E-state index in [0.29, 0.717) is 25.1 Å². The van der Waals surface area contributed by atoms with Gasteiger partial charge in [0, 0.05) is 46.1 Å². The van der Waals surface area contributed by atoms with Crippen molar-refractivity contribution >= 4 is 23.4 Å². The van der Waals surface area contributed by atoms with Gasteiger partial charge in [-0.1, -0.05) is 13.0 Å². The Morgan fingerprint density at radius 2 is 1.96 bits per heavy atom. The normalized spacial score (nSPS) is 16.3. The molecule has 0 radical (unpaired) electrons. The zero-order valence-electron chi connectivity index (χ0n) is 14.8. The van der Waals surface area contributed by atoms with E-state index in [2.05, 4.69) is 5.32 Å². The van der Waals surface area contributed by atoms with Gasteiger partial charge in [-0.3, -0.25) is 14.4 Å². The fourth-order valence-electron chi connectivity index (χ4n) is 3.00. The molecule has 1 aromatic rings. The average Bonchev–Trinajstić information content (AvgIpc) is 2.52. The summed E-state index contributed by atoms with van der Waals surface area (Å²) < 4.78 is 0. The van der Waals surface area contributed by atoms with E-state index < -0.39 is 6.04 Å². The van der Waals surface area contributed by atoms with Crippen LogP contribution in [-0.4, -0.2) is 47.7 Å².